The molecule has 2 heterocycles. The lowest BCUT2D eigenvalue weighted by molar-refractivity contribution is 0.265. The van der Waals surface area contributed by atoms with Gasteiger partial charge in [0.1, 0.15) is 0 Å². The van der Waals surface area contributed by atoms with E-state index in [4.69, 9.17) is 0 Å². The first-order valence-electron chi connectivity index (χ1n) is 7.33. The fourth-order valence-corrected chi connectivity index (χ4v) is 3.49. The Labute approximate surface area is 110 Å². The maximum atomic E-state index is 3.56. The SMILES string of the molecule is CC1NCCC1CN1CCC(c2ccccc2)C1. The van der Waals surface area contributed by atoms with Gasteiger partial charge >= 0.3 is 0 Å². The molecule has 2 fully saturated rings. The van der Waals surface area contributed by atoms with E-state index in [0.29, 0.717) is 6.04 Å². The van der Waals surface area contributed by atoms with Crippen molar-refractivity contribution in [3.63, 3.8) is 0 Å². The van der Waals surface area contributed by atoms with Crippen LogP contribution in [-0.2, 0) is 0 Å². The Bertz CT molecular complexity index is 376. The van der Waals surface area contributed by atoms with E-state index in [-0.39, 0.29) is 0 Å². The summed E-state index contributed by atoms with van der Waals surface area (Å²) in [5.41, 5.74) is 1.53. The van der Waals surface area contributed by atoms with E-state index in [2.05, 4.69) is 47.5 Å². The molecule has 2 aliphatic rings. The molecular weight excluding hydrogens is 220 g/mol. The molecule has 0 bridgehead atoms. The molecule has 1 aromatic rings. The largest absolute Gasteiger partial charge is 0.314 e. The maximum absolute atomic E-state index is 3.56. The van der Waals surface area contributed by atoms with Crippen LogP contribution in [-0.4, -0.2) is 37.1 Å². The summed E-state index contributed by atoms with van der Waals surface area (Å²) in [7, 11) is 0. The van der Waals surface area contributed by atoms with Crippen molar-refractivity contribution >= 4 is 0 Å². The molecule has 0 amide bonds. The van der Waals surface area contributed by atoms with Gasteiger partial charge in [-0.15, -0.1) is 0 Å². The lowest BCUT2D eigenvalue weighted by atomic mass is 9.98. The van der Waals surface area contributed by atoms with E-state index in [0.717, 1.165) is 11.8 Å². The highest BCUT2D eigenvalue weighted by Crippen LogP contribution is 2.28. The van der Waals surface area contributed by atoms with Crippen molar-refractivity contribution in [2.24, 2.45) is 5.92 Å². The lowest BCUT2D eigenvalue weighted by Gasteiger charge is -2.23. The number of rotatable bonds is 3. The third-order valence-corrected chi connectivity index (χ3v) is 4.72. The van der Waals surface area contributed by atoms with Gasteiger partial charge in [0.2, 0.25) is 0 Å². The highest BCUT2D eigenvalue weighted by molar-refractivity contribution is 5.21. The van der Waals surface area contributed by atoms with Crippen LogP contribution in [0, 0.1) is 5.92 Å². The molecule has 1 aromatic carbocycles. The number of benzene rings is 1. The number of nitrogens with one attached hydrogen (secondary N) is 1. The number of likely N-dealkylation sites (tertiary alicyclic amines) is 1. The van der Waals surface area contributed by atoms with E-state index in [1.54, 1.807) is 0 Å². The van der Waals surface area contributed by atoms with Crippen LogP contribution in [0.2, 0.25) is 0 Å². The van der Waals surface area contributed by atoms with Crippen LogP contribution in [0.3, 0.4) is 0 Å². The lowest BCUT2D eigenvalue weighted by Crippen LogP contribution is -2.33. The minimum Gasteiger partial charge on any atom is -0.314 e. The van der Waals surface area contributed by atoms with Crippen LogP contribution >= 0.6 is 0 Å². The van der Waals surface area contributed by atoms with Gasteiger partial charge in [-0.2, -0.15) is 0 Å². The summed E-state index contributed by atoms with van der Waals surface area (Å²) < 4.78 is 0. The van der Waals surface area contributed by atoms with Crippen molar-refractivity contribution < 1.29 is 0 Å². The van der Waals surface area contributed by atoms with Crippen LogP contribution in [0.5, 0.6) is 0 Å². The molecular formula is C16H24N2. The predicted molar refractivity (Wildman–Crippen MR) is 75.8 cm³/mol. The molecule has 0 aromatic heterocycles. The van der Waals surface area contributed by atoms with E-state index < -0.39 is 0 Å². The first kappa shape index (κ1) is 12.2. The second-order valence-electron chi connectivity index (χ2n) is 5.95. The molecule has 2 saturated heterocycles. The average molecular weight is 244 g/mol. The first-order valence-corrected chi connectivity index (χ1v) is 7.33. The van der Waals surface area contributed by atoms with Crippen molar-refractivity contribution in [1.82, 2.24) is 10.2 Å². The van der Waals surface area contributed by atoms with Gasteiger partial charge in [-0.05, 0) is 50.3 Å². The van der Waals surface area contributed by atoms with Crippen molar-refractivity contribution in [1.29, 1.82) is 0 Å². The number of nitrogens with zero attached hydrogens (tertiary/aromatic N) is 1. The Hall–Kier alpha value is -0.860. The van der Waals surface area contributed by atoms with Crippen molar-refractivity contribution in [3.8, 4) is 0 Å². The van der Waals surface area contributed by atoms with Gasteiger partial charge in [0.15, 0.2) is 0 Å². The molecule has 0 aliphatic carbocycles. The van der Waals surface area contributed by atoms with Crippen LogP contribution in [0.25, 0.3) is 0 Å². The van der Waals surface area contributed by atoms with Gasteiger partial charge in [0.05, 0.1) is 0 Å². The normalized spacial score (nSPS) is 33.1. The Morgan fingerprint density at radius 1 is 1.22 bits per heavy atom. The van der Waals surface area contributed by atoms with E-state index >= 15 is 0 Å². The molecule has 0 spiro atoms. The van der Waals surface area contributed by atoms with Gasteiger partial charge in [0, 0.05) is 19.1 Å². The zero-order valence-corrected chi connectivity index (χ0v) is 11.3. The molecule has 3 unspecified atom stereocenters. The summed E-state index contributed by atoms with van der Waals surface area (Å²) in [6, 6.07) is 11.7. The second-order valence-corrected chi connectivity index (χ2v) is 5.95. The average Bonchev–Trinajstić information content (AvgIpc) is 3.02. The van der Waals surface area contributed by atoms with E-state index in [1.807, 2.05) is 0 Å². The Morgan fingerprint density at radius 3 is 2.78 bits per heavy atom. The molecule has 0 saturated carbocycles. The molecule has 18 heavy (non-hydrogen) atoms. The zero-order valence-electron chi connectivity index (χ0n) is 11.3. The topological polar surface area (TPSA) is 15.3 Å². The third-order valence-electron chi connectivity index (χ3n) is 4.72. The van der Waals surface area contributed by atoms with Gasteiger partial charge in [0.25, 0.3) is 0 Å². The highest BCUT2D eigenvalue weighted by atomic mass is 15.2. The quantitative estimate of drug-likeness (QED) is 0.879. The van der Waals surface area contributed by atoms with Crippen LogP contribution in [0.15, 0.2) is 30.3 Å². The van der Waals surface area contributed by atoms with Crippen molar-refractivity contribution in [2.75, 3.05) is 26.2 Å². The van der Waals surface area contributed by atoms with Gasteiger partial charge < -0.3 is 10.2 Å². The minimum atomic E-state index is 0.709. The minimum absolute atomic E-state index is 0.709. The van der Waals surface area contributed by atoms with E-state index in [1.165, 1.54) is 44.6 Å². The Balaban J connectivity index is 1.55. The smallest absolute Gasteiger partial charge is 0.00796 e. The summed E-state index contributed by atoms with van der Waals surface area (Å²) in [6.07, 6.45) is 2.69. The Kier molecular flexibility index (Phi) is 3.67. The molecule has 0 radical (unpaired) electrons. The summed E-state index contributed by atoms with van der Waals surface area (Å²) in [6.45, 7) is 7.37. The highest BCUT2D eigenvalue weighted by Gasteiger charge is 2.29. The standard InChI is InChI=1S/C16H24N2/c1-13-15(7-9-17-13)11-18-10-8-16(12-18)14-5-3-2-4-6-14/h2-6,13,15-17H,7-12H2,1H3. The van der Waals surface area contributed by atoms with Gasteiger partial charge in [-0.1, -0.05) is 30.3 Å². The van der Waals surface area contributed by atoms with Crippen molar-refractivity contribution in [3.05, 3.63) is 35.9 Å². The third kappa shape index (κ3) is 2.60. The van der Waals surface area contributed by atoms with Crippen LogP contribution < -0.4 is 5.32 Å². The molecule has 2 heteroatoms. The first-order chi connectivity index (χ1) is 8.83. The second kappa shape index (κ2) is 5.41. The summed E-state index contributed by atoms with van der Waals surface area (Å²) >= 11 is 0. The molecule has 2 aliphatic heterocycles. The van der Waals surface area contributed by atoms with Gasteiger partial charge in [-0.3, -0.25) is 0 Å². The molecule has 1 N–H and O–H groups in total. The summed E-state index contributed by atoms with van der Waals surface area (Å²) in [4.78, 5) is 2.67. The van der Waals surface area contributed by atoms with Crippen LogP contribution in [0.4, 0.5) is 0 Å². The van der Waals surface area contributed by atoms with Gasteiger partial charge in [-0.25, -0.2) is 0 Å². The number of hydrogen-bond acceptors (Lipinski definition) is 2. The fraction of sp³-hybridized carbons (Fsp3) is 0.625. The summed E-state index contributed by atoms with van der Waals surface area (Å²) in [5, 5.41) is 3.56. The zero-order chi connectivity index (χ0) is 12.4. The van der Waals surface area contributed by atoms with E-state index in [9.17, 15) is 0 Å². The van der Waals surface area contributed by atoms with Crippen LogP contribution in [0.1, 0.15) is 31.2 Å². The number of hydrogen-bond donors (Lipinski definition) is 1. The molecule has 98 valence electrons. The molecule has 3 rings (SSSR count). The van der Waals surface area contributed by atoms with Crippen molar-refractivity contribution in [2.45, 2.75) is 31.7 Å². The fourth-order valence-electron chi connectivity index (χ4n) is 3.49. The monoisotopic (exact) mass is 244 g/mol. The molecule has 2 nitrogen and oxygen atoms in total. The summed E-state index contributed by atoms with van der Waals surface area (Å²) in [5.74, 6) is 1.62. The Morgan fingerprint density at radius 2 is 2.06 bits per heavy atom. The predicted octanol–water partition coefficient (Wildman–Crippen LogP) is 2.47. The molecule has 3 atom stereocenters. The maximum Gasteiger partial charge on any atom is 0.00796 e.